The summed E-state index contributed by atoms with van der Waals surface area (Å²) in [6.45, 7) is 9.73. The molecule has 228 valence electrons. The maximum absolute atomic E-state index is 12.5. The van der Waals surface area contributed by atoms with Crippen molar-refractivity contribution in [2.24, 2.45) is 0 Å². The number of sulfonamides is 1. The van der Waals surface area contributed by atoms with E-state index in [1.807, 2.05) is 22.9 Å². The summed E-state index contributed by atoms with van der Waals surface area (Å²) in [6, 6.07) is 13.6. The van der Waals surface area contributed by atoms with E-state index in [-0.39, 0.29) is 17.5 Å². The van der Waals surface area contributed by atoms with Gasteiger partial charge in [-0.25, -0.2) is 18.4 Å². The molecule has 3 aromatic heterocycles. The fraction of sp³-hybridized carbons (Fsp3) is 0.333. The predicted molar refractivity (Wildman–Crippen MR) is 176 cm³/mol. The van der Waals surface area contributed by atoms with Gasteiger partial charge in [-0.2, -0.15) is 4.98 Å². The summed E-state index contributed by atoms with van der Waals surface area (Å²) in [7, 11) is -3.19. The van der Waals surface area contributed by atoms with Crippen molar-refractivity contribution in [3.8, 4) is 0 Å². The second-order valence-corrected chi connectivity index (χ2v) is 18.7. The Kier molecular flexibility index (Phi) is 10.3. The Bertz CT molecular complexity index is 1720. The van der Waals surface area contributed by atoms with Crippen LogP contribution in [0.4, 0.5) is 17.5 Å². The van der Waals surface area contributed by atoms with Crippen molar-refractivity contribution < 1.29 is 17.9 Å². The van der Waals surface area contributed by atoms with Crippen LogP contribution in [0.15, 0.2) is 54.9 Å². The lowest BCUT2D eigenvalue weighted by molar-refractivity contribution is 0.0899. The topological polar surface area (TPSA) is 140 Å². The van der Waals surface area contributed by atoms with Gasteiger partial charge >= 0.3 is 0 Å². The summed E-state index contributed by atoms with van der Waals surface area (Å²) in [5, 5.41) is 6.65. The summed E-state index contributed by atoms with van der Waals surface area (Å²) >= 11 is 0. The van der Waals surface area contributed by atoms with Crippen LogP contribution in [-0.4, -0.2) is 61.3 Å². The number of benzene rings is 1. The summed E-state index contributed by atoms with van der Waals surface area (Å²) < 4.78 is 35.4. The fourth-order valence-corrected chi connectivity index (χ4v) is 6.10. The van der Waals surface area contributed by atoms with Gasteiger partial charge < -0.3 is 19.9 Å². The minimum atomic E-state index is -3.53. The molecule has 43 heavy (non-hydrogen) atoms. The molecule has 0 aliphatic heterocycles. The zero-order chi connectivity index (χ0) is 31.0. The van der Waals surface area contributed by atoms with Gasteiger partial charge in [-0.1, -0.05) is 38.7 Å². The van der Waals surface area contributed by atoms with E-state index in [1.54, 1.807) is 56.5 Å². The molecular weight excluding hydrogens is 583 g/mol. The molecule has 0 unspecified atom stereocenters. The van der Waals surface area contributed by atoms with Gasteiger partial charge in [0.2, 0.25) is 16.0 Å². The van der Waals surface area contributed by atoms with Crippen molar-refractivity contribution in [2.45, 2.75) is 45.8 Å². The predicted octanol–water partition coefficient (Wildman–Crippen LogP) is 5.56. The average molecular weight is 622 g/mol. The van der Waals surface area contributed by atoms with Gasteiger partial charge in [-0.15, -0.1) is 0 Å². The zero-order valence-electron chi connectivity index (χ0n) is 25.2. The number of para-hydroxylation sites is 1. The molecule has 0 saturated carbocycles. The largest absolute Gasteiger partial charge is 0.361 e. The van der Waals surface area contributed by atoms with Crippen LogP contribution >= 0.6 is 0 Å². The number of aromatic nitrogens is 4. The monoisotopic (exact) mass is 621 g/mol. The van der Waals surface area contributed by atoms with Gasteiger partial charge in [0.05, 0.1) is 22.7 Å². The first-order valence-corrected chi connectivity index (χ1v) is 19.5. The first-order chi connectivity index (χ1) is 20.5. The Hall–Kier alpha value is -4.07. The van der Waals surface area contributed by atoms with Crippen LogP contribution in [0.2, 0.25) is 25.7 Å². The minimum absolute atomic E-state index is 0.000650. The summed E-state index contributed by atoms with van der Waals surface area (Å²) in [5.41, 5.74) is 2.84. The number of fused-ring (bicyclic) bond motifs is 1. The lowest BCUT2D eigenvalue weighted by atomic mass is 10.1. The number of rotatable bonds is 14. The number of amides is 1. The molecule has 0 bridgehead atoms. The second-order valence-electron chi connectivity index (χ2n) is 11.2. The van der Waals surface area contributed by atoms with Crippen molar-refractivity contribution >= 4 is 64.6 Å². The van der Waals surface area contributed by atoms with Gasteiger partial charge in [-0.05, 0) is 54.9 Å². The normalized spacial score (nSPS) is 12.1. The van der Waals surface area contributed by atoms with Gasteiger partial charge in [-0.3, -0.25) is 9.52 Å². The van der Waals surface area contributed by atoms with Gasteiger partial charge in [0, 0.05) is 45.1 Å². The first kappa shape index (κ1) is 31.9. The lowest BCUT2D eigenvalue weighted by Gasteiger charge is -2.16. The number of nitrogens with zero attached hydrogens (tertiary/aromatic N) is 4. The maximum Gasteiger partial charge on any atom is 0.253 e. The quantitative estimate of drug-likeness (QED) is 0.123. The lowest BCUT2D eigenvalue weighted by Crippen LogP contribution is -2.22. The molecule has 0 radical (unpaired) electrons. The Balaban J connectivity index is 1.73. The first-order valence-electron chi connectivity index (χ1n) is 14.2. The number of ether oxygens (including phenoxy) is 1. The molecule has 0 spiro atoms. The molecule has 0 fully saturated rings. The van der Waals surface area contributed by atoms with E-state index < -0.39 is 18.1 Å². The van der Waals surface area contributed by atoms with Crippen molar-refractivity contribution in [1.29, 1.82) is 0 Å². The Morgan fingerprint density at radius 3 is 2.60 bits per heavy atom. The highest BCUT2D eigenvalue weighted by atomic mass is 32.2. The van der Waals surface area contributed by atoms with E-state index >= 15 is 0 Å². The third kappa shape index (κ3) is 8.72. The Morgan fingerprint density at radius 1 is 1.07 bits per heavy atom. The average Bonchev–Trinajstić information content (AvgIpc) is 3.36. The number of hydrogen-bond acceptors (Lipinski definition) is 8. The molecule has 1 amide bonds. The minimum Gasteiger partial charge on any atom is -0.361 e. The van der Waals surface area contributed by atoms with Crippen LogP contribution in [0, 0.1) is 0 Å². The van der Waals surface area contributed by atoms with E-state index in [0.717, 1.165) is 11.4 Å². The highest BCUT2D eigenvalue weighted by molar-refractivity contribution is 7.92. The molecule has 4 aromatic rings. The number of carbonyl (C=O) groups is 1. The number of anilines is 3. The Labute approximate surface area is 253 Å². The van der Waals surface area contributed by atoms with Gasteiger partial charge in [0.1, 0.15) is 18.2 Å². The number of hydrogen-bond donors (Lipinski definition) is 3. The van der Waals surface area contributed by atoms with Crippen LogP contribution in [0.1, 0.15) is 35.0 Å². The van der Waals surface area contributed by atoms with Crippen LogP contribution in [0.3, 0.4) is 0 Å². The molecule has 3 heterocycles. The number of pyridine rings is 1. The van der Waals surface area contributed by atoms with E-state index in [4.69, 9.17) is 14.7 Å². The zero-order valence-corrected chi connectivity index (χ0v) is 27.0. The third-order valence-electron chi connectivity index (χ3n) is 6.50. The van der Waals surface area contributed by atoms with Crippen molar-refractivity contribution in [2.75, 3.05) is 29.4 Å². The fourth-order valence-electron chi connectivity index (χ4n) is 4.24. The number of carbonyl (C=O) groups excluding carboxylic acids is 1. The molecule has 4 rings (SSSR count). The maximum atomic E-state index is 12.5. The molecule has 0 saturated heterocycles. The SMILES string of the molecule is CCCS(=O)(=O)Nc1ncccc1/C=C/c1nc(Nc2ccccc2C(=O)NC)nc2c1ccn2COCC[Si](C)(C)C. The van der Waals surface area contributed by atoms with Crippen LogP contribution in [0.25, 0.3) is 23.2 Å². The third-order valence-corrected chi connectivity index (χ3v) is 9.66. The second kappa shape index (κ2) is 13.9. The highest BCUT2D eigenvalue weighted by Crippen LogP contribution is 2.26. The summed E-state index contributed by atoms with van der Waals surface area (Å²) in [5.74, 6) is 0.293. The summed E-state index contributed by atoms with van der Waals surface area (Å²) in [4.78, 5) is 26.3. The molecular formula is C30H39N7O4SSi. The highest BCUT2D eigenvalue weighted by Gasteiger charge is 2.16. The standard InChI is InChI=1S/C30H39N7O4SSi/c1-6-19-42(39,40)36-27-22(10-9-16-32-27)13-14-26-23-15-17-37(21-41-18-20-43(3,4)5)28(23)35-30(34-26)33-25-12-8-7-11-24(25)29(38)31-2/h7-17H,6,18-21H2,1-5H3,(H,31,38)(H,32,36)(H,33,34,35)/b14-13+. The Morgan fingerprint density at radius 2 is 1.86 bits per heavy atom. The van der Waals surface area contributed by atoms with E-state index in [0.29, 0.717) is 53.9 Å². The van der Waals surface area contributed by atoms with Gasteiger partial charge in [0.15, 0.2) is 0 Å². The molecule has 0 aliphatic rings. The van der Waals surface area contributed by atoms with Crippen LogP contribution in [-0.2, 0) is 21.5 Å². The summed E-state index contributed by atoms with van der Waals surface area (Å²) in [6.07, 6.45) is 7.50. The van der Waals surface area contributed by atoms with Gasteiger partial charge in [0.25, 0.3) is 5.91 Å². The van der Waals surface area contributed by atoms with E-state index in [9.17, 15) is 13.2 Å². The molecule has 0 atom stereocenters. The molecule has 1 aromatic carbocycles. The van der Waals surface area contributed by atoms with E-state index in [1.165, 1.54) is 6.20 Å². The van der Waals surface area contributed by atoms with Crippen LogP contribution in [0.5, 0.6) is 0 Å². The molecule has 0 aliphatic carbocycles. The molecule has 3 N–H and O–H groups in total. The van der Waals surface area contributed by atoms with E-state index in [2.05, 4.69) is 40.0 Å². The molecule has 11 nitrogen and oxygen atoms in total. The molecule has 13 heteroatoms. The van der Waals surface area contributed by atoms with Crippen LogP contribution < -0.4 is 15.4 Å². The van der Waals surface area contributed by atoms with Crippen molar-refractivity contribution in [1.82, 2.24) is 24.8 Å². The van der Waals surface area contributed by atoms with Crippen molar-refractivity contribution in [3.05, 3.63) is 71.7 Å². The number of nitrogens with one attached hydrogen (secondary N) is 3. The van der Waals surface area contributed by atoms with Crippen molar-refractivity contribution in [3.63, 3.8) is 0 Å². The smallest absolute Gasteiger partial charge is 0.253 e.